The summed E-state index contributed by atoms with van der Waals surface area (Å²) in [4.78, 5) is 7.52. The molecule has 0 atom stereocenters. The van der Waals surface area contributed by atoms with E-state index in [0.717, 1.165) is 54.2 Å². The van der Waals surface area contributed by atoms with Gasteiger partial charge in [0.1, 0.15) is 5.82 Å². The van der Waals surface area contributed by atoms with Crippen LogP contribution < -0.4 is 4.90 Å². The maximum atomic E-state index is 14.3. The van der Waals surface area contributed by atoms with Gasteiger partial charge in [-0.05, 0) is 31.4 Å². The number of benzene rings is 1. The van der Waals surface area contributed by atoms with Crippen molar-refractivity contribution in [3.8, 4) is 11.3 Å². The molecule has 0 saturated carbocycles. The number of anilines is 1. The highest BCUT2D eigenvalue weighted by Gasteiger charge is 2.17. The highest BCUT2D eigenvalue weighted by atomic mass is 32.1. The summed E-state index contributed by atoms with van der Waals surface area (Å²) in [5.41, 5.74) is 5.35. The zero-order chi connectivity index (χ0) is 13.2. The monoisotopic (exact) mass is 275 g/mol. The summed E-state index contributed by atoms with van der Waals surface area (Å²) in [6, 6.07) is 5.46. The first kappa shape index (κ1) is 12.6. The molecule has 3 rings (SSSR count). The van der Waals surface area contributed by atoms with Crippen LogP contribution in [0.4, 0.5) is 10.1 Å². The average Bonchev–Trinajstić information content (AvgIpc) is 3.09. The molecule has 2 heterocycles. The van der Waals surface area contributed by atoms with E-state index in [-0.39, 0.29) is 5.82 Å². The van der Waals surface area contributed by atoms with Crippen LogP contribution in [-0.2, 0) is 6.42 Å². The summed E-state index contributed by atoms with van der Waals surface area (Å²) in [5.74, 6) is -0.144. The van der Waals surface area contributed by atoms with E-state index in [0.29, 0.717) is 0 Å². The average molecular weight is 275 g/mol. The van der Waals surface area contributed by atoms with Crippen LogP contribution in [0.25, 0.3) is 11.3 Å². The molecule has 0 spiro atoms. The van der Waals surface area contributed by atoms with Gasteiger partial charge in [-0.1, -0.05) is 13.0 Å². The number of halogens is 1. The van der Waals surface area contributed by atoms with Crippen molar-refractivity contribution < 1.29 is 4.39 Å². The van der Waals surface area contributed by atoms with Gasteiger partial charge in [-0.3, -0.25) is 0 Å². The van der Waals surface area contributed by atoms with E-state index < -0.39 is 0 Å². The van der Waals surface area contributed by atoms with Gasteiger partial charge in [0.15, 0.2) is 5.51 Å². The molecule has 1 radical (unpaired) electrons. The zero-order valence-corrected chi connectivity index (χ0v) is 11.8. The Kier molecular flexibility index (Phi) is 3.51. The predicted octanol–water partition coefficient (Wildman–Crippen LogP) is 3.91. The highest BCUT2D eigenvalue weighted by molar-refractivity contribution is 7.09. The third kappa shape index (κ3) is 2.37. The van der Waals surface area contributed by atoms with Crippen LogP contribution in [0, 0.1) is 11.3 Å². The number of hydrogen-bond acceptors (Lipinski definition) is 3. The number of rotatable bonds is 3. The Morgan fingerprint density at radius 1 is 1.37 bits per heavy atom. The lowest BCUT2D eigenvalue weighted by Crippen LogP contribution is -2.18. The predicted molar refractivity (Wildman–Crippen MR) is 77.2 cm³/mol. The van der Waals surface area contributed by atoms with Gasteiger partial charge in [0.25, 0.3) is 0 Å². The van der Waals surface area contributed by atoms with Crippen molar-refractivity contribution in [1.82, 2.24) is 4.98 Å². The van der Waals surface area contributed by atoms with Crippen molar-refractivity contribution in [2.45, 2.75) is 26.2 Å². The Labute approximate surface area is 116 Å². The molecule has 2 aromatic rings. The van der Waals surface area contributed by atoms with Crippen molar-refractivity contribution in [3.05, 3.63) is 34.4 Å². The molecule has 19 heavy (non-hydrogen) atoms. The Balaban J connectivity index is 1.95. The first-order valence-corrected chi connectivity index (χ1v) is 7.52. The first-order chi connectivity index (χ1) is 9.29. The van der Waals surface area contributed by atoms with E-state index in [9.17, 15) is 4.39 Å². The normalized spacial score (nSPS) is 15.2. The fourth-order valence-electron chi connectivity index (χ4n) is 2.57. The van der Waals surface area contributed by atoms with E-state index in [1.165, 1.54) is 11.3 Å². The molecule has 1 aromatic carbocycles. The number of aryl methyl sites for hydroxylation is 1. The fraction of sp³-hybridized carbons (Fsp3) is 0.400. The van der Waals surface area contributed by atoms with E-state index in [1.54, 1.807) is 6.07 Å². The molecule has 0 bridgehead atoms. The third-order valence-electron chi connectivity index (χ3n) is 3.58. The molecule has 2 nitrogen and oxygen atoms in total. The minimum Gasteiger partial charge on any atom is -0.369 e. The Hall–Kier alpha value is -1.42. The first-order valence-electron chi connectivity index (χ1n) is 6.70. The van der Waals surface area contributed by atoms with Gasteiger partial charge in [-0.25, -0.2) is 9.37 Å². The maximum Gasteiger partial charge on any atom is 0.153 e. The molecule has 1 aliphatic heterocycles. The highest BCUT2D eigenvalue weighted by Crippen LogP contribution is 2.30. The van der Waals surface area contributed by atoms with Crippen LogP contribution in [-0.4, -0.2) is 18.1 Å². The van der Waals surface area contributed by atoms with Gasteiger partial charge in [-0.2, -0.15) is 0 Å². The van der Waals surface area contributed by atoms with E-state index >= 15 is 0 Å². The Morgan fingerprint density at radius 3 is 2.84 bits per heavy atom. The molecule has 0 aliphatic carbocycles. The lowest BCUT2D eigenvalue weighted by molar-refractivity contribution is 0.623. The van der Waals surface area contributed by atoms with Crippen LogP contribution in [0.5, 0.6) is 0 Å². The number of hydrogen-bond donors (Lipinski definition) is 0. The number of aromatic nitrogens is 1. The second-order valence-electron chi connectivity index (χ2n) is 4.79. The Morgan fingerprint density at radius 2 is 2.16 bits per heavy atom. The molecule has 0 N–H and O–H groups in total. The van der Waals surface area contributed by atoms with Crippen LogP contribution in [0.15, 0.2) is 18.2 Å². The summed E-state index contributed by atoms with van der Waals surface area (Å²) in [7, 11) is 0. The second kappa shape index (κ2) is 5.29. The van der Waals surface area contributed by atoms with Crippen LogP contribution in [0.3, 0.4) is 0 Å². The molecule has 1 fully saturated rings. The number of nitrogens with zero attached hydrogens (tertiary/aromatic N) is 2. The standard InChI is InChI=1S/C15H16FN2S/c1-2-14-15(17-10-19-14)11-5-6-13(12(16)9-11)18-7-3-4-8-18/h5-6,9H,2-4,7-8H2,1H3. The SMILES string of the molecule is CCc1s[c]nc1-c1ccc(N2CCCC2)c(F)c1. The van der Waals surface area contributed by atoms with Gasteiger partial charge < -0.3 is 4.90 Å². The topological polar surface area (TPSA) is 16.1 Å². The van der Waals surface area contributed by atoms with Gasteiger partial charge >= 0.3 is 0 Å². The van der Waals surface area contributed by atoms with Crippen LogP contribution in [0.2, 0.25) is 0 Å². The van der Waals surface area contributed by atoms with Gasteiger partial charge in [0.05, 0.1) is 11.4 Å². The third-order valence-corrected chi connectivity index (χ3v) is 4.49. The molecule has 1 aromatic heterocycles. The quantitative estimate of drug-likeness (QED) is 0.844. The van der Waals surface area contributed by atoms with E-state index in [4.69, 9.17) is 0 Å². The van der Waals surface area contributed by atoms with Crippen molar-refractivity contribution in [2.24, 2.45) is 0 Å². The molecule has 0 amide bonds. The van der Waals surface area contributed by atoms with E-state index in [2.05, 4.69) is 22.3 Å². The summed E-state index contributed by atoms with van der Waals surface area (Å²) >= 11 is 1.51. The van der Waals surface area contributed by atoms with Crippen molar-refractivity contribution in [1.29, 1.82) is 0 Å². The lowest BCUT2D eigenvalue weighted by Gasteiger charge is -2.18. The van der Waals surface area contributed by atoms with Crippen molar-refractivity contribution in [3.63, 3.8) is 0 Å². The molecule has 4 heteroatoms. The zero-order valence-electron chi connectivity index (χ0n) is 10.9. The molecule has 1 aliphatic rings. The summed E-state index contributed by atoms with van der Waals surface area (Å²) in [6.07, 6.45) is 3.22. The fourth-order valence-corrected chi connectivity index (χ4v) is 3.22. The summed E-state index contributed by atoms with van der Waals surface area (Å²) in [5, 5.41) is 0. The largest absolute Gasteiger partial charge is 0.369 e. The molecule has 0 unspecified atom stereocenters. The lowest BCUT2D eigenvalue weighted by atomic mass is 10.1. The molecule has 99 valence electrons. The summed E-state index contributed by atoms with van der Waals surface area (Å²) < 4.78 is 14.3. The van der Waals surface area contributed by atoms with Gasteiger partial charge in [-0.15, -0.1) is 11.3 Å². The van der Waals surface area contributed by atoms with Crippen molar-refractivity contribution in [2.75, 3.05) is 18.0 Å². The maximum absolute atomic E-state index is 14.3. The minimum absolute atomic E-state index is 0.144. The van der Waals surface area contributed by atoms with Crippen LogP contribution >= 0.6 is 11.3 Å². The molecular weight excluding hydrogens is 259 g/mol. The minimum atomic E-state index is -0.144. The van der Waals surface area contributed by atoms with Crippen molar-refractivity contribution >= 4 is 17.0 Å². The Bertz CT molecular complexity index is 573. The van der Waals surface area contributed by atoms with Crippen LogP contribution in [0.1, 0.15) is 24.6 Å². The molecular formula is C15H16FN2S. The van der Waals surface area contributed by atoms with Gasteiger partial charge in [0, 0.05) is 23.5 Å². The smallest absolute Gasteiger partial charge is 0.153 e. The second-order valence-corrected chi connectivity index (χ2v) is 5.67. The number of thiazole rings is 1. The van der Waals surface area contributed by atoms with Gasteiger partial charge in [0.2, 0.25) is 0 Å². The van der Waals surface area contributed by atoms with E-state index in [1.807, 2.05) is 12.1 Å². The molecule has 1 saturated heterocycles. The summed E-state index contributed by atoms with van der Waals surface area (Å²) in [6.45, 7) is 4.00.